The standard InChI is InChI=1S/C19H23ClFN2O6Si/c1-18(2,3)29-17(27)23-10-19(30,7-6-14(23)16(25)26)22-15(24)9-28-11-4-5-12(20)13(21)8-11/h4-5,8,14H,6-7,9-10H2,1-3H3,(H,22,24)(H,25,26)/t14-,19+/m1/s1. The van der Waals surface area contributed by atoms with Gasteiger partial charge in [-0.15, -0.1) is 0 Å². The first-order chi connectivity index (χ1) is 13.8. The number of rotatable bonds is 5. The number of carbonyl (C=O) groups is 3. The van der Waals surface area contributed by atoms with Gasteiger partial charge in [0.25, 0.3) is 5.91 Å². The van der Waals surface area contributed by atoms with Gasteiger partial charge in [-0.3, -0.25) is 9.69 Å². The van der Waals surface area contributed by atoms with Crippen molar-refractivity contribution < 1.29 is 33.4 Å². The first-order valence-electron chi connectivity index (χ1n) is 9.16. The van der Waals surface area contributed by atoms with Crippen molar-refractivity contribution in [2.75, 3.05) is 13.2 Å². The van der Waals surface area contributed by atoms with Gasteiger partial charge in [0.05, 0.1) is 15.3 Å². The molecule has 1 saturated heterocycles. The van der Waals surface area contributed by atoms with Crippen LogP contribution >= 0.6 is 11.6 Å². The van der Waals surface area contributed by atoms with Crippen LogP contribution in [0.1, 0.15) is 33.6 Å². The van der Waals surface area contributed by atoms with Crippen molar-refractivity contribution in [3.63, 3.8) is 0 Å². The maximum atomic E-state index is 13.5. The van der Waals surface area contributed by atoms with Gasteiger partial charge in [0.1, 0.15) is 23.2 Å². The van der Waals surface area contributed by atoms with E-state index in [0.29, 0.717) is 0 Å². The predicted octanol–water partition coefficient (Wildman–Crippen LogP) is 2.32. The van der Waals surface area contributed by atoms with E-state index in [1.165, 1.54) is 12.1 Å². The minimum Gasteiger partial charge on any atom is -0.484 e. The molecule has 1 aliphatic rings. The summed E-state index contributed by atoms with van der Waals surface area (Å²) in [6.45, 7) is 4.47. The number of benzene rings is 1. The maximum absolute atomic E-state index is 13.5. The number of piperidine rings is 1. The van der Waals surface area contributed by atoms with E-state index in [4.69, 9.17) is 21.1 Å². The van der Waals surface area contributed by atoms with E-state index in [-0.39, 0.29) is 30.2 Å². The summed E-state index contributed by atoms with van der Waals surface area (Å²) in [4.78, 5) is 37.5. The molecule has 0 spiro atoms. The number of likely N-dealkylation sites (tertiary alicyclic amines) is 1. The molecule has 2 N–H and O–H groups in total. The minimum atomic E-state index is -1.16. The maximum Gasteiger partial charge on any atom is 0.411 e. The fourth-order valence-corrected chi connectivity index (χ4v) is 3.48. The Balaban J connectivity index is 2.03. The Labute approximate surface area is 182 Å². The molecular weight excluding hydrogens is 435 g/mol. The second kappa shape index (κ2) is 9.21. The summed E-state index contributed by atoms with van der Waals surface area (Å²) in [5.41, 5.74) is -0.809. The molecular formula is C19H23ClFN2O6Si. The molecule has 0 saturated carbocycles. The third kappa shape index (κ3) is 6.59. The smallest absolute Gasteiger partial charge is 0.411 e. The zero-order valence-corrected chi connectivity index (χ0v) is 18.6. The first-order valence-corrected chi connectivity index (χ1v) is 10.0. The lowest BCUT2D eigenvalue weighted by Crippen LogP contribution is -2.65. The van der Waals surface area contributed by atoms with Gasteiger partial charge >= 0.3 is 12.1 Å². The number of carboxylic acids is 1. The lowest BCUT2D eigenvalue weighted by Gasteiger charge is -2.44. The summed E-state index contributed by atoms with van der Waals surface area (Å²) < 4.78 is 24.0. The minimum absolute atomic E-state index is 0.0664. The molecule has 3 radical (unpaired) electrons. The lowest BCUT2D eigenvalue weighted by atomic mass is 9.97. The molecule has 30 heavy (non-hydrogen) atoms. The second-order valence-corrected chi connectivity index (χ2v) is 9.36. The average molecular weight is 458 g/mol. The van der Waals surface area contributed by atoms with Gasteiger partial charge in [0, 0.05) is 17.8 Å². The van der Waals surface area contributed by atoms with Crippen molar-refractivity contribution in [1.82, 2.24) is 10.2 Å². The molecule has 1 aromatic rings. The monoisotopic (exact) mass is 457 g/mol. The average Bonchev–Trinajstić information content (AvgIpc) is 2.60. The number of halogens is 2. The Hall–Kier alpha value is -2.33. The van der Waals surface area contributed by atoms with Crippen LogP contribution in [0.4, 0.5) is 9.18 Å². The Morgan fingerprint density at radius 3 is 2.63 bits per heavy atom. The second-order valence-electron chi connectivity index (χ2n) is 8.00. The van der Waals surface area contributed by atoms with Crippen LogP contribution in [0.3, 0.4) is 0 Å². The van der Waals surface area contributed by atoms with E-state index in [2.05, 4.69) is 15.6 Å². The molecule has 1 aromatic carbocycles. The highest BCUT2D eigenvalue weighted by molar-refractivity contribution is 6.30. The largest absolute Gasteiger partial charge is 0.484 e. The Bertz CT molecular complexity index is 834. The van der Waals surface area contributed by atoms with Crippen LogP contribution < -0.4 is 10.1 Å². The number of nitrogens with one attached hydrogen (secondary N) is 1. The molecule has 2 amide bonds. The van der Waals surface area contributed by atoms with Crippen LogP contribution in [-0.4, -0.2) is 68.2 Å². The fourth-order valence-electron chi connectivity index (χ4n) is 2.91. The van der Waals surface area contributed by atoms with Crippen LogP contribution in [0, 0.1) is 5.82 Å². The lowest BCUT2D eigenvalue weighted by molar-refractivity contribution is -0.145. The van der Waals surface area contributed by atoms with Crippen LogP contribution in [0.25, 0.3) is 0 Å². The molecule has 1 heterocycles. The number of amides is 2. The van der Waals surface area contributed by atoms with Crippen LogP contribution in [0.5, 0.6) is 5.75 Å². The number of ether oxygens (including phenoxy) is 2. The van der Waals surface area contributed by atoms with E-state index < -0.39 is 47.2 Å². The summed E-state index contributed by atoms with van der Waals surface area (Å²) in [7, 11) is 3.46. The highest BCUT2D eigenvalue weighted by atomic mass is 35.5. The highest BCUT2D eigenvalue weighted by Crippen LogP contribution is 2.26. The van der Waals surface area contributed by atoms with Crippen molar-refractivity contribution >= 4 is 39.8 Å². The molecule has 2 atom stereocenters. The molecule has 0 aromatic heterocycles. The summed E-state index contributed by atoms with van der Waals surface area (Å²) >= 11 is 5.60. The normalized spacial score (nSPS) is 21.7. The molecule has 0 unspecified atom stereocenters. The number of carboxylic acid groups (broad SMARTS) is 1. The molecule has 2 rings (SSSR count). The van der Waals surface area contributed by atoms with Gasteiger partial charge in [-0.2, -0.15) is 0 Å². The van der Waals surface area contributed by atoms with E-state index in [0.717, 1.165) is 11.0 Å². The molecule has 163 valence electrons. The Morgan fingerprint density at radius 2 is 2.07 bits per heavy atom. The van der Waals surface area contributed by atoms with Gasteiger partial charge in [-0.25, -0.2) is 14.0 Å². The molecule has 0 bridgehead atoms. The zero-order chi connectivity index (χ0) is 22.7. The van der Waals surface area contributed by atoms with E-state index in [1.807, 2.05) is 0 Å². The van der Waals surface area contributed by atoms with Crippen molar-refractivity contribution in [3.05, 3.63) is 29.0 Å². The SMILES string of the molecule is CC(C)(C)OC(=O)N1C[C@]([Si])(NC(=O)COc2ccc(Cl)c(F)c2)CC[C@@H]1C(=O)O. The highest BCUT2D eigenvalue weighted by Gasteiger charge is 2.43. The van der Waals surface area contributed by atoms with Crippen molar-refractivity contribution in [2.24, 2.45) is 0 Å². The van der Waals surface area contributed by atoms with Crippen LogP contribution in [0.15, 0.2) is 18.2 Å². The summed E-state index contributed by atoms with van der Waals surface area (Å²) in [5.74, 6) is -2.25. The van der Waals surface area contributed by atoms with E-state index in [9.17, 15) is 23.9 Å². The summed E-state index contributed by atoms with van der Waals surface area (Å²) in [6, 6.07) is 2.71. The van der Waals surface area contributed by atoms with Gasteiger partial charge in [-0.1, -0.05) is 11.6 Å². The van der Waals surface area contributed by atoms with Crippen molar-refractivity contribution in [1.29, 1.82) is 0 Å². The summed E-state index contributed by atoms with van der Waals surface area (Å²) in [6.07, 6.45) is -0.442. The predicted molar refractivity (Wildman–Crippen MR) is 107 cm³/mol. The molecule has 11 heteroatoms. The number of nitrogens with zero attached hydrogens (tertiary/aromatic N) is 1. The van der Waals surface area contributed by atoms with Gasteiger partial charge in [-0.05, 0) is 45.7 Å². The van der Waals surface area contributed by atoms with E-state index >= 15 is 0 Å². The topological polar surface area (TPSA) is 105 Å². The van der Waals surface area contributed by atoms with Gasteiger partial charge < -0.3 is 19.9 Å². The number of carbonyl (C=O) groups excluding carboxylic acids is 2. The molecule has 8 nitrogen and oxygen atoms in total. The fraction of sp³-hybridized carbons (Fsp3) is 0.526. The third-order valence-corrected chi connectivity index (χ3v) is 5.05. The first kappa shape index (κ1) is 23.9. The van der Waals surface area contributed by atoms with Gasteiger partial charge in [0.15, 0.2) is 6.61 Å². The van der Waals surface area contributed by atoms with E-state index in [1.54, 1.807) is 20.8 Å². The molecule has 1 fully saturated rings. The summed E-state index contributed by atoms with van der Waals surface area (Å²) in [5, 5.41) is 11.0. The Morgan fingerprint density at radius 1 is 1.40 bits per heavy atom. The third-order valence-electron chi connectivity index (χ3n) is 4.21. The van der Waals surface area contributed by atoms with Crippen LogP contribution in [0.2, 0.25) is 5.02 Å². The zero-order valence-electron chi connectivity index (χ0n) is 16.8. The van der Waals surface area contributed by atoms with Gasteiger partial charge in [0.2, 0.25) is 0 Å². The molecule has 1 aliphatic heterocycles. The Kier molecular flexibility index (Phi) is 7.35. The van der Waals surface area contributed by atoms with Crippen molar-refractivity contribution in [2.45, 2.75) is 50.4 Å². The van der Waals surface area contributed by atoms with Crippen molar-refractivity contribution in [3.8, 4) is 5.75 Å². The number of aliphatic carboxylic acids is 1. The number of hydrogen-bond acceptors (Lipinski definition) is 5. The quantitative estimate of drug-likeness (QED) is 0.657. The van der Waals surface area contributed by atoms with Crippen LogP contribution in [-0.2, 0) is 14.3 Å². The molecule has 0 aliphatic carbocycles. The number of hydrogen-bond donors (Lipinski definition) is 2.